The number of nitrogens with one attached hydrogen (secondary N) is 1. The van der Waals surface area contributed by atoms with Crippen LogP contribution < -0.4 is 33.8 Å². The van der Waals surface area contributed by atoms with Crippen molar-refractivity contribution in [2.24, 2.45) is 5.10 Å². The van der Waals surface area contributed by atoms with Crippen LogP contribution in [0, 0.1) is 0 Å². The molecule has 0 aliphatic rings. The first-order chi connectivity index (χ1) is 35.2. The average molecular weight is 997 g/mol. The molecule has 0 bridgehead atoms. The Labute approximate surface area is 424 Å². The van der Waals surface area contributed by atoms with Gasteiger partial charge in [-0.05, 0) is 166 Å². The summed E-state index contributed by atoms with van der Waals surface area (Å²) in [5.74, 6) is -1.91. The Bertz CT molecular complexity index is 2780. The molecule has 0 heterocycles. The number of aliphatic hydroxyl groups is 1. The Morgan fingerprint density at radius 3 is 1.59 bits per heavy atom. The maximum atomic E-state index is 13.7. The molecule has 5 aromatic rings. The van der Waals surface area contributed by atoms with Crippen molar-refractivity contribution in [3.63, 3.8) is 0 Å². The highest BCUT2D eigenvalue weighted by molar-refractivity contribution is 5.97. The molecule has 382 valence electrons. The second kappa shape index (κ2) is 29.0. The molecule has 0 saturated carbocycles. The zero-order chi connectivity index (χ0) is 52.5. The molecule has 16 nitrogen and oxygen atoms in total. The van der Waals surface area contributed by atoms with Crippen LogP contribution in [-0.4, -0.2) is 73.9 Å². The van der Waals surface area contributed by atoms with Crippen molar-refractivity contribution in [3.05, 3.63) is 163 Å². The fraction of sp³-hybridized carbons (Fsp3) is 0.263. The molecule has 0 aromatic heterocycles. The molecule has 0 aliphatic heterocycles. The third kappa shape index (κ3) is 18.3. The van der Waals surface area contributed by atoms with Gasteiger partial charge in [-0.25, -0.2) is 24.0 Å². The number of hydrazone groups is 1. The smallest absolute Gasteiger partial charge is 0.343 e. The minimum absolute atomic E-state index is 0.0107. The van der Waals surface area contributed by atoms with Crippen molar-refractivity contribution < 1.29 is 67.0 Å². The van der Waals surface area contributed by atoms with Crippen molar-refractivity contribution in [3.8, 4) is 34.5 Å². The average Bonchev–Trinajstić information content (AvgIpc) is 3.39. The Hall–Kier alpha value is -8.50. The zero-order valence-corrected chi connectivity index (χ0v) is 41.1. The Balaban J connectivity index is 1.34. The van der Waals surface area contributed by atoms with Crippen LogP contribution in [-0.2, 0) is 23.9 Å². The number of carbonyl (C=O) groups excluding carboxylic acids is 5. The van der Waals surface area contributed by atoms with Crippen molar-refractivity contribution in [2.45, 2.75) is 71.5 Å². The molecule has 0 amide bonds. The van der Waals surface area contributed by atoms with Gasteiger partial charge in [0.15, 0.2) is 11.5 Å². The zero-order valence-electron chi connectivity index (χ0n) is 41.1. The molecule has 1 unspecified atom stereocenters. The van der Waals surface area contributed by atoms with Crippen LogP contribution in [0.5, 0.6) is 34.5 Å². The number of rotatable bonds is 30. The predicted molar refractivity (Wildman–Crippen MR) is 277 cm³/mol. The van der Waals surface area contributed by atoms with Gasteiger partial charge in [-0.1, -0.05) is 38.4 Å². The summed E-state index contributed by atoms with van der Waals surface area (Å²) in [5, 5.41) is 17.0. The highest BCUT2D eigenvalue weighted by Crippen LogP contribution is 2.39. The molecule has 0 fully saturated rings. The minimum Gasteiger partial charge on any atom is -0.494 e. The maximum Gasteiger partial charge on any atom is 0.343 e. The standard InChI is InChI=1S/C57H60N2O14/c1-7-51(60)68-33-15-11-9-13-31-66-45-24-18-40(19-25-45)56(64)71-49-29-30-50(72-57(65)41-20-26-46(27-21-41)67-32-14-10-12-16-34-69-52(61)8-2)53(73-55(63)39(5)6)48(49)37-58-59-44-23-17-43-36-47(28-22-42(43)35-44)70-54(62)38(3)4/h7-8,17-30,35-37,55,59,63H,1-3,5,9-16,31-34H2,4,6H3/b58-37+. The summed E-state index contributed by atoms with van der Waals surface area (Å²) in [6.07, 6.45) is 8.43. The summed E-state index contributed by atoms with van der Waals surface area (Å²) >= 11 is 0. The van der Waals surface area contributed by atoms with E-state index >= 15 is 0 Å². The summed E-state index contributed by atoms with van der Waals surface area (Å²) in [7, 11) is 0. The predicted octanol–water partition coefficient (Wildman–Crippen LogP) is 10.8. The Morgan fingerprint density at radius 1 is 0.589 bits per heavy atom. The largest absolute Gasteiger partial charge is 0.494 e. The molecule has 16 heteroatoms. The molecular formula is C57H60N2O14. The first-order valence-corrected chi connectivity index (χ1v) is 23.6. The second-order valence-corrected chi connectivity index (χ2v) is 16.5. The van der Waals surface area contributed by atoms with Crippen LogP contribution in [0.15, 0.2) is 152 Å². The summed E-state index contributed by atoms with van der Waals surface area (Å²) < 4.78 is 44.9. The third-order valence-electron chi connectivity index (χ3n) is 10.6. The molecule has 0 aliphatic carbocycles. The van der Waals surface area contributed by atoms with Crippen molar-refractivity contribution >= 4 is 52.5 Å². The van der Waals surface area contributed by atoms with Crippen LogP contribution in [0.4, 0.5) is 5.69 Å². The van der Waals surface area contributed by atoms with E-state index in [1.54, 1.807) is 85.8 Å². The SMILES string of the molecule is C=CC(=O)OCCCCCCOc1ccc(C(=O)Oc2ccc(OC(=O)c3ccc(OCCCCCCOC(=O)C=C)cc3)c(OC(O)C(=C)C)c2/C=N/Nc2ccc3cc(OC(=O)C(=C)C)ccc3c2)cc1. The van der Waals surface area contributed by atoms with E-state index in [0.29, 0.717) is 49.4 Å². The highest BCUT2D eigenvalue weighted by atomic mass is 16.6. The number of esters is 5. The third-order valence-corrected chi connectivity index (χ3v) is 10.6. The van der Waals surface area contributed by atoms with Crippen LogP contribution >= 0.6 is 0 Å². The molecule has 0 radical (unpaired) electrons. The number of unbranched alkanes of at least 4 members (excludes halogenated alkanes) is 6. The first kappa shape index (κ1) is 55.4. The number of benzene rings is 5. The minimum atomic E-state index is -1.59. The second-order valence-electron chi connectivity index (χ2n) is 16.5. The van der Waals surface area contributed by atoms with E-state index in [0.717, 1.165) is 74.3 Å². The van der Waals surface area contributed by atoms with E-state index in [1.807, 2.05) is 6.07 Å². The number of nitrogens with zero attached hydrogens (tertiary/aromatic N) is 1. The van der Waals surface area contributed by atoms with Gasteiger partial charge in [0.2, 0.25) is 6.29 Å². The van der Waals surface area contributed by atoms with Gasteiger partial charge < -0.3 is 43.0 Å². The molecular weight excluding hydrogens is 937 g/mol. The number of anilines is 1. The van der Waals surface area contributed by atoms with Gasteiger partial charge in [0.05, 0.1) is 55.0 Å². The molecule has 2 N–H and O–H groups in total. The van der Waals surface area contributed by atoms with Crippen LogP contribution in [0.1, 0.15) is 91.5 Å². The van der Waals surface area contributed by atoms with Crippen LogP contribution in [0.25, 0.3) is 10.8 Å². The van der Waals surface area contributed by atoms with Crippen molar-refractivity contribution in [1.82, 2.24) is 0 Å². The number of aliphatic hydroxyl groups excluding tert-OH is 1. The summed E-state index contributed by atoms with van der Waals surface area (Å²) in [6, 6.07) is 26.0. The number of fused-ring (bicyclic) bond motifs is 1. The maximum absolute atomic E-state index is 13.7. The van der Waals surface area contributed by atoms with Gasteiger partial charge in [0.1, 0.15) is 23.0 Å². The lowest BCUT2D eigenvalue weighted by atomic mass is 10.1. The molecule has 1 atom stereocenters. The summed E-state index contributed by atoms with van der Waals surface area (Å²) in [6.45, 7) is 18.8. The fourth-order valence-corrected chi connectivity index (χ4v) is 6.56. The van der Waals surface area contributed by atoms with E-state index in [-0.39, 0.29) is 45.1 Å². The number of carbonyl (C=O) groups is 5. The van der Waals surface area contributed by atoms with Gasteiger partial charge in [-0.2, -0.15) is 5.10 Å². The number of hydrogen-bond donors (Lipinski definition) is 2. The lowest BCUT2D eigenvalue weighted by Crippen LogP contribution is -2.19. The molecule has 73 heavy (non-hydrogen) atoms. The van der Waals surface area contributed by atoms with Crippen LogP contribution in [0.3, 0.4) is 0 Å². The Kier molecular flexibility index (Phi) is 22.0. The van der Waals surface area contributed by atoms with Gasteiger partial charge >= 0.3 is 29.8 Å². The summed E-state index contributed by atoms with van der Waals surface area (Å²) in [4.78, 5) is 61.9. The van der Waals surface area contributed by atoms with E-state index in [4.69, 9.17) is 37.9 Å². The van der Waals surface area contributed by atoms with E-state index in [1.165, 1.54) is 25.3 Å². The normalized spacial score (nSPS) is 11.2. The number of ether oxygens (including phenoxy) is 8. The van der Waals surface area contributed by atoms with Gasteiger partial charge in [0.25, 0.3) is 0 Å². The highest BCUT2D eigenvalue weighted by Gasteiger charge is 2.24. The summed E-state index contributed by atoms with van der Waals surface area (Å²) in [5.41, 5.74) is 4.36. The van der Waals surface area contributed by atoms with Crippen molar-refractivity contribution in [1.29, 1.82) is 0 Å². The van der Waals surface area contributed by atoms with Crippen molar-refractivity contribution in [2.75, 3.05) is 31.9 Å². The molecule has 5 rings (SSSR count). The Morgan fingerprint density at radius 2 is 1.07 bits per heavy atom. The molecule has 5 aromatic carbocycles. The monoisotopic (exact) mass is 996 g/mol. The van der Waals surface area contributed by atoms with Gasteiger partial charge in [0, 0.05) is 17.7 Å². The van der Waals surface area contributed by atoms with Gasteiger partial charge in [-0.3, -0.25) is 5.43 Å². The van der Waals surface area contributed by atoms with E-state index < -0.39 is 36.1 Å². The lowest BCUT2D eigenvalue weighted by Gasteiger charge is -2.20. The van der Waals surface area contributed by atoms with E-state index in [9.17, 15) is 29.1 Å². The number of hydrogen-bond acceptors (Lipinski definition) is 16. The van der Waals surface area contributed by atoms with Crippen LogP contribution in [0.2, 0.25) is 0 Å². The van der Waals surface area contributed by atoms with Gasteiger partial charge in [-0.15, -0.1) is 0 Å². The topological polar surface area (TPSA) is 204 Å². The quantitative estimate of drug-likeness (QED) is 0.00642. The lowest BCUT2D eigenvalue weighted by molar-refractivity contribution is -0.138. The fourth-order valence-electron chi connectivity index (χ4n) is 6.56. The first-order valence-electron chi connectivity index (χ1n) is 23.6. The van der Waals surface area contributed by atoms with E-state index in [2.05, 4.69) is 36.8 Å². The molecule has 0 saturated heterocycles. The molecule has 0 spiro atoms.